The van der Waals surface area contributed by atoms with Crippen LogP contribution in [0, 0.1) is 17.3 Å². The lowest BCUT2D eigenvalue weighted by Crippen LogP contribution is -2.61. The number of unbranched alkanes of at least 4 members (excludes halogenated alkanes) is 2. The number of amides is 2. The maximum absolute atomic E-state index is 15.1. The Morgan fingerprint density at radius 1 is 1.13 bits per heavy atom. The molecule has 3 aliphatic heterocycles. The first-order chi connectivity index (χ1) is 21.2. The minimum absolute atomic E-state index is 0.0509. The molecule has 0 aliphatic carbocycles. The lowest BCUT2D eigenvalue weighted by Gasteiger charge is -2.46. The van der Waals surface area contributed by atoms with Crippen LogP contribution in [0.2, 0.25) is 0 Å². The molecule has 248 valence electrons. The third kappa shape index (κ3) is 6.92. The smallest absolute Gasteiger partial charge is 0.311 e. The van der Waals surface area contributed by atoms with E-state index in [4.69, 9.17) is 4.74 Å². The second-order valence-corrected chi connectivity index (χ2v) is 17.1. The Morgan fingerprint density at radius 3 is 2.42 bits per heavy atom. The number of carbonyl (C=O) groups excluding carboxylic acids is 3. The molecule has 3 fully saturated rings. The summed E-state index contributed by atoms with van der Waals surface area (Å²) in [6.07, 6.45) is 8.58. The second kappa shape index (κ2) is 13.6. The van der Waals surface area contributed by atoms with Crippen LogP contribution >= 0.6 is 11.8 Å². The first-order valence-corrected chi connectivity index (χ1v) is 17.3. The van der Waals surface area contributed by atoms with Gasteiger partial charge in [-0.25, -0.2) is 0 Å². The Morgan fingerprint density at radius 2 is 1.82 bits per heavy atom. The molecule has 0 aromatic heterocycles. The van der Waals surface area contributed by atoms with Crippen molar-refractivity contribution < 1.29 is 24.2 Å². The van der Waals surface area contributed by atoms with Crippen molar-refractivity contribution in [1.82, 2.24) is 9.80 Å². The van der Waals surface area contributed by atoms with Gasteiger partial charge in [-0.15, -0.1) is 24.9 Å². The number of rotatable bonds is 15. The van der Waals surface area contributed by atoms with Gasteiger partial charge in [-0.3, -0.25) is 14.4 Å². The molecule has 2 unspecified atom stereocenters. The molecule has 45 heavy (non-hydrogen) atoms. The van der Waals surface area contributed by atoms with Crippen molar-refractivity contribution in [2.75, 3.05) is 19.8 Å². The van der Waals surface area contributed by atoms with Gasteiger partial charge in [0.15, 0.2) is 0 Å². The number of hydrogen-bond donors (Lipinski definition) is 1. The van der Waals surface area contributed by atoms with Crippen LogP contribution in [0.3, 0.4) is 0 Å². The minimum Gasteiger partial charge on any atom is -0.465 e. The Labute approximate surface area is 274 Å². The van der Waals surface area contributed by atoms with E-state index in [9.17, 15) is 14.7 Å². The zero-order valence-corrected chi connectivity index (χ0v) is 29.0. The van der Waals surface area contributed by atoms with E-state index in [1.807, 2.05) is 41.3 Å². The van der Waals surface area contributed by atoms with Gasteiger partial charge in [-0.1, -0.05) is 63.3 Å². The summed E-state index contributed by atoms with van der Waals surface area (Å²) in [6, 6.07) is 8.31. The number of carbonyl (C=O) groups is 3. The molecular formula is C37H54N2O5S. The molecule has 4 rings (SSSR count). The van der Waals surface area contributed by atoms with Crippen LogP contribution < -0.4 is 0 Å². The van der Waals surface area contributed by atoms with Crippen LogP contribution in [0.25, 0.3) is 0 Å². The first kappa shape index (κ1) is 35.3. The van der Waals surface area contributed by atoms with E-state index in [1.165, 1.54) is 0 Å². The van der Waals surface area contributed by atoms with Crippen LogP contribution in [-0.4, -0.2) is 79.6 Å². The maximum atomic E-state index is 15.1. The molecule has 3 saturated heterocycles. The van der Waals surface area contributed by atoms with E-state index in [0.29, 0.717) is 32.4 Å². The molecule has 7 nitrogen and oxygen atoms in total. The number of aliphatic hydroxyl groups excluding tert-OH is 1. The van der Waals surface area contributed by atoms with Crippen LogP contribution in [0.5, 0.6) is 0 Å². The highest BCUT2D eigenvalue weighted by Crippen LogP contribution is 2.72. The molecule has 1 aromatic carbocycles. The van der Waals surface area contributed by atoms with E-state index in [-0.39, 0.29) is 29.8 Å². The van der Waals surface area contributed by atoms with Gasteiger partial charge in [0.2, 0.25) is 11.8 Å². The number of ether oxygens (including phenoxy) is 1. The van der Waals surface area contributed by atoms with Gasteiger partial charge in [-0.05, 0) is 76.7 Å². The second-order valence-electron chi connectivity index (χ2n) is 15.2. The molecule has 2 bridgehead atoms. The monoisotopic (exact) mass is 638 g/mol. The van der Waals surface area contributed by atoms with E-state index >= 15 is 4.79 Å². The van der Waals surface area contributed by atoms with Crippen LogP contribution in [0.1, 0.15) is 85.6 Å². The topological polar surface area (TPSA) is 87.1 Å². The number of allylic oxidation sites excluding steroid dienone is 1. The fourth-order valence-corrected chi connectivity index (χ4v) is 10.8. The van der Waals surface area contributed by atoms with Crippen molar-refractivity contribution in [2.24, 2.45) is 17.3 Å². The first-order valence-electron chi connectivity index (χ1n) is 16.5. The average molecular weight is 639 g/mol. The lowest BCUT2D eigenvalue weighted by atomic mass is 9.66. The number of fused-ring (bicyclic) bond motifs is 1. The van der Waals surface area contributed by atoms with E-state index in [1.54, 1.807) is 22.7 Å². The summed E-state index contributed by atoms with van der Waals surface area (Å²) in [5.74, 6) is -2.06. The summed E-state index contributed by atoms with van der Waals surface area (Å²) in [4.78, 5) is 47.3. The number of benzene rings is 1. The third-order valence-electron chi connectivity index (χ3n) is 9.94. The van der Waals surface area contributed by atoms with Gasteiger partial charge >= 0.3 is 5.97 Å². The number of likely N-dealkylation sites (tertiary alicyclic amines) is 1. The number of aliphatic hydroxyl groups is 1. The van der Waals surface area contributed by atoms with Gasteiger partial charge in [0, 0.05) is 16.8 Å². The summed E-state index contributed by atoms with van der Waals surface area (Å²) in [7, 11) is 0. The van der Waals surface area contributed by atoms with Gasteiger partial charge in [0.25, 0.3) is 0 Å². The lowest BCUT2D eigenvalue weighted by molar-refractivity contribution is -0.156. The van der Waals surface area contributed by atoms with Crippen molar-refractivity contribution in [3.8, 4) is 0 Å². The van der Waals surface area contributed by atoms with Gasteiger partial charge in [0.1, 0.15) is 6.04 Å². The zero-order valence-electron chi connectivity index (χ0n) is 28.2. The number of hydrogen-bond acceptors (Lipinski definition) is 6. The Bertz CT molecular complexity index is 1260. The summed E-state index contributed by atoms with van der Waals surface area (Å²) in [6.45, 7) is 20.8. The number of nitrogens with zero attached hydrogens (tertiary/aromatic N) is 2. The molecular weight excluding hydrogens is 584 g/mol. The number of esters is 1. The molecule has 8 heteroatoms. The van der Waals surface area contributed by atoms with E-state index in [0.717, 1.165) is 31.2 Å². The van der Waals surface area contributed by atoms with Gasteiger partial charge < -0.3 is 19.6 Å². The molecule has 0 radical (unpaired) electrons. The van der Waals surface area contributed by atoms with E-state index < -0.39 is 39.0 Å². The fraction of sp³-hybridized carbons (Fsp3) is 0.649. The molecule has 1 aromatic rings. The molecule has 0 saturated carbocycles. The predicted molar refractivity (Wildman–Crippen MR) is 182 cm³/mol. The van der Waals surface area contributed by atoms with Crippen molar-refractivity contribution >= 4 is 29.5 Å². The van der Waals surface area contributed by atoms with Crippen LogP contribution in [0.15, 0.2) is 55.6 Å². The zero-order chi connectivity index (χ0) is 33.2. The summed E-state index contributed by atoms with van der Waals surface area (Å²) in [5, 5.41) is 10.8. The van der Waals surface area contributed by atoms with E-state index in [2.05, 4.69) is 54.7 Å². The van der Waals surface area contributed by atoms with Crippen molar-refractivity contribution in [2.45, 2.75) is 114 Å². The predicted octanol–water partition coefficient (Wildman–Crippen LogP) is 6.20. The summed E-state index contributed by atoms with van der Waals surface area (Å²) in [5.41, 5.74) is 0.390. The molecule has 1 spiro atoms. The normalized spacial score (nSPS) is 28.1. The van der Waals surface area contributed by atoms with Crippen LogP contribution in [-0.2, 0) is 25.5 Å². The average Bonchev–Trinajstić information content (AvgIpc) is 3.54. The highest BCUT2D eigenvalue weighted by Gasteiger charge is 2.78. The van der Waals surface area contributed by atoms with Gasteiger partial charge in [-0.2, -0.15) is 0 Å². The Hall–Kier alpha value is -2.58. The van der Waals surface area contributed by atoms with Gasteiger partial charge in [0.05, 0.1) is 35.8 Å². The summed E-state index contributed by atoms with van der Waals surface area (Å²) < 4.78 is 4.53. The van der Waals surface area contributed by atoms with Crippen LogP contribution in [0.4, 0.5) is 0 Å². The SMILES string of the molecule is C=CCCCCOC(=O)[C@@H]1[C@H]2C(=O)N([C@@H](CO)Cc3ccccc3)C(C(=O)N(CC=C)C(C)(C)CC(C)(C)C)C23CC[C@@]1(C)S3. The fourth-order valence-electron chi connectivity index (χ4n) is 8.49. The molecule has 3 aliphatic rings. The highest BCUT2D eigenvalue weighted by molar-refractivity contribution is 8.02. The molecule has 1 N–H and O–H groups in total. The Balaban J connectivity index is 1.78. The molecule has 3 heterocycles. The Kier molecular flexibility index (Phi) is 10.7. The third-order valence-corrected chi connectivity index (χ3v) is 11.9. The van der Waals surface area contributed by atoms with Crippen molar-refractivity contribution in [3.05, 3.63) is 61.2 Å². The largest absolute Gasteiger partial charge is 0.465 e. The highest BCUT2D eigenvalue weighted by atomic mass is 32.2. The molecule has 6 atom stereocenters. The number of thioether (sulfide) groups is 1. The van der Waals surface area contributed by atoms with Crippen molar-refractivity contribution in [1.29, 1.82) is 0 Å². The minimum atomic E-state index is -0.827. The standard InChI is InChI=1S/C37H54N2O5S/c1-9-11-12-16-22-44-33(43)29-28-31(41)39(27(24-40)23-26-17-14-13-15-18-26)30(37(28)20-19-36(29,8)45-37)32(42)38(21-10-2)35(6,7)25-34(3,4)5/h9-10,13-15,17-18,27-30,40H,1-2,11-12,16,19-25H2,3-8H3/t27-,28+,29+,30?,36-,37?/m1/s1. The summed E-state index contributed by atoms with van der Waals surface area (Å²) >= 11 is 1.64. The maximum Gasteiger partial charge on any atom is 0.311 e. The quantitative estimate of drug-likeness (QED) is 0.140. The molecule has 2 amide bonds. The van der Waals surface area contributed by atoms with Crippen molar-refractivity contribution in [3.63, 3.8) is 0 Å².